The SMILES string of the molecule is N#CC(=CNc1ccccc1)Cc1ccccc1. The van der Waals surface area contributed by atoms with Crippen molar-refractivity contribution in [1.29, 1.82) is 5.26 Å². The van der Waals surface area contributed by atoms with E-state index in [1.807, 2.05) is 60.7 Å². The van der Waals surface area contributed by atoms with E-state index in [1.54, 1.807) is 6.20 Å². The number of nitriles is 1. The van der Waals surface area contributed by atoms with Gasteiger partial charge in [-0.3, -0.25) is 0 Å². The first kappa shape index (κ1) is 11.9. The highest BCUT2D eigenvalue weighted by atomic mass is 14.8. The van der Waals surface area contributed by atoms with E-state index >= 15 is 0 Å². The van der Waals surface area contributed by atoms with Gasteiger partial charge in [0.25, 0.3) is 0 Å². The third-order valence-corrected chi connectivity index (χ3v) is 2.57. The van der Waals surface area contributed by atoms with Crippen molar-refractivity contribution in [3.63, 3.8) is 0 Å². The summed E-state index contributed by atoms with van der Waals surface area (Å²) >= 11 is 0. The summed E-state index contributed by atoms with van der Waals surface area (Å²) in [4.78, 5) is 0. The molecule has 0 aliphatic rings. The number of anilines is 1. The van der Waals surface area contributed by atoms with Crippen LogP contribution in [0.15, 0.2) is 72.4 Å². The topological polar surface area (TPSA) is 35.8 Å². The third kappa shape index (κ3) is 3.50. The first-order chi connectivity index (χ1) is 8.88. The standard InChI is InChI=1S/C16H14N2/c17-12-15(11-14-7-3-1-4-8-14)13-18-16-9-5-2-6-10-16/h1-10,13,18H,11H2. The van der Waals surface area contributed by atoms with Crippen LogP contribution in [-0.4, -0.2) is 0 Å². The maximum absolute atomic E-state index is 9.11. The molecule has 88 valence electrons. The lowest BCUT2D eigenvalue weighted by Gasteiger charge is -2.02. The molecule has 0 unspecified atom stereocenters. The Bertz CT molecular complexity index is 551. The average Bonchev–Trinajstić information content (AvgIpc) is 2.45. The Hall–Kier alpha value is -2.53. The Morgan fingerprint density at radius 2 is 1.61 bits per heavy atom. The monoisotopic (exact) mass is 234 g/mol. The van der Waals surface area contributed by atoms with Crippen LogP contribution in [0, 0.1) is 11.3 Å². The van der Waals surface area contributed by atoms with Crippen LogP contribution < -0.4 is 5.32 Å². The lowest BCUT2D eigenvalue weighted by atomic mass is 10.1. The van der Waals surface area contributed by atoms with E-state index in [1.165, 1.54) is 0 Å². The van der Waals surface area contributed by atoms with Crippen molar-refractivity contribution in [3.8, 4) is 6.07 Å². The molecule has 2 aromatic rings. The van der Waals surface area contributed by atoms with E-state index in [9.17, 15) is 0 Å². The predicted octanol–water partition coefficient (Wildman–Crippen LogP) is 3.75. The van der Waals surface area contributed by atoms with Gasteiger partial charge in [-0.2, -0.15) is 5.26 Å². The lowest BCUT2D eigenvalue weighted by Crippen LogP contribution is -1.94. The van der Waals surface area contributed by atoms with E-state index in [2.05, 4.69) is 11.4 Å². The number of allylic oxidation sites excluding steroid dienone is 1. The molecule has 2 aromatic carbocycles. The minimum atomic E-state index is 0.650. The molecule has 0 radical (unpaired) electrons. The van der Waals surface area contributed by atoms with E-state index < -0.39 is 0 Å². The van der Waals surface area contributed by atoms with Crippen molar-refractivity contribution in [2.45, 2.75) is 6.42 Å². The fraction of sp³-hybridized carbons (Fsp3) is 0.0625. The van der Waals surface area contributed by atoms with Crippen LogP contribution in [0.1, 0.15) is 5.56 Å². The molecule has 0 aliphatic heterocycles. The van der Waals surface area contributed by atoms with Crippen molar-refractivity contribution in [2.24, 2.45) is 0 Å². The van der Waals surface area contributed by atoms with Gasteiger partial charge in [0.15, 0.2) is 0 Å². The number of rotatable bonds is 4. The Labute approximate surface area is 107 Å². The summed E-state index contributed by atoms with van der Waals surface area (Å²) in [7, 11) is 0. The number of hydrogen-bond acceptors (Lipinski definition) is 2. The highest BCUT2D eigenvalue weighted by molar-refractivity contribution is 5.47. The summed E-state index contributed by atoms with van der Waals surface area (Å²) < 4.78 is 0. The largest absolute Gasteiger partial charge is 0.361 e. The van der Waals surface area contributed by atoms with Crippen LogP contribution in [0.25, 0.3) is 0 Å². The molecule has 2 nitrogen and oxygen atoms in total. The zero-order chi connectivity index (χ0) is 12.6. The van der Waals surface area contributed by atoms with Crippen molar-refractivity contribution in [2.75, 3.05) is 5.32 Å². The molecule has 0 aromatic heterocycles. The Kier molecular flexibility index (Phi) is 4.16. The molecule has 0 spiro atoms. The molecule has 0 bridgehead atoms. The minimum Gasteiger partial charge on any atom is -0.361 e. The summed E-state index contributed by atoms with van der Waals surface area (Å²) in [6, 6.07) is 22.0. The molecule has 2 heteroatoms. The van der Waals surface area contributed by atoms with Crippen LogP contribution in [0.3, 0.4) is 0 Å². The fourth-order valence-corrected chi connectivity index (χ4v) is 1.64. The Morgan fingerprint density at radius 3 is 2.22 bits per heavy atom. The van der Waals surface area contributed by atoms with E-state index in [4.69, 9.17) is 5.26 Å². The molecule has 1 N–H and O–H groups in total. The second-order valence-corrected chi connectivity index (χ2v) is 3.95. The predicted molar refractivity (Wildman–Crippen MR) is 73.9 cm³/mol. The third-order valence-electron chi connectivity index (χ3n) is 2.57. The summed E-state index contributed by atoms with van der Waals surface area (Å²) in [5, 5.41) is 12.2. The quantitative estimate of drug-likeness (QED) is 0.818. The van der Waals surface area contributed by atoms with Crippen molar-refractivity contribution in [1.82, 2.24) is 0 Å². The van der Waals surface area contributed by atoms with Crippen molar-refractivity contribution in [3.05, 3.63) is 78.0 Å². The second-order valence-electron chi connectivity index (χ2n) is 3.95. The van der Waals surface area contributed by atoms with Crippen LogP contribution in [-0.2, 0) is 6.42 Å². The minimum absolute atomic E-state index is 0.650. The summed E-state index contributed by atoms with van der Waals surface area (Å²) in [5.74, 6) is 0. The van der Waals surface area contributed by atoms with Crippen LogP contribution >= 0.6 is 0 Å². The molecular formula is C16H14N2. The number of benzene rings is 2. The van der Waals surface area contributed by atoms with Gasteiger partial charge < -0.3 is 5.32 Å². The Morgan fingerprint density at radius 1 is 1.00 bits per heavy atom. The zero-order valence-corrected chi connectivity index (χ0v) is 10.0. The smallest absolute Gasteiger partial charge is 0.0965 e. The summed E-state index contributed by atoms with van der Waals surface area (Å²) in [5.41, 5.74) is 2.84. The Balaban J connectivity index is 2.04. The maximum atomic E-state index is 9.11. The van der Waals surface area contributed by atoms with Gasteiger partial charge in [0.05, 0.1) is 6.07 Å². The molecule has 2 rings (SSSR count). The number of nitrogens with zero attached hydrogens (tertiary/aromatic N) is 1. The van der Waals surface area contributed by atoms with Gasteiger partial charge in [-0.25, -0.2) is 0 Å². The fourth-order valence-electron chi connectivity index (χ4n) is 1.64. The van der Waals surface area contributed by atoms with Gasteiger partial charge in [-0.15, -0.1) is 0 Å². The van der Waals surface area contributed by atoms with Crippen molar-refractivity contribution >= 4 is 5.69 Å². The lowest BCUT2D eigenvalue weighted by molar-refractivity contribution is 1.19. The van der Waals surface area contributed by atoms with Gasteiger partial charge in [0.1, 0.15) is 0 Å². The zero-order valence-electron chi connectivity index (χ0n) is 10.0. The molecular weight excluding hydrogens is 220 g/mol. The first-order valence-corrected chi connectivity index (χ1v) is 5.83. The molecule has 0 atom stereocenters. The maximum Gasteiger partial charge on any atom is 0.0965 e. The molecule has 0 fully saturated rings. The second kappa shape index (κ2) is 6.27. The van der Waals surface area contributed by atoms with Crippen LogP contribution in [0.4, 0.5) is 5.69 Å². The van der Waals surface area contributed by atoms with Gasteiger partial charge in [0, 0.05) is 23.9 Å². The molecule has 0 saturated carbocycles. The molecule has 0 amide bonds. The average molecular weight is 234 g/mol. The van der Waals surface area contributed by atoms with E-state index in [-0.39, 0.29) is 0 Å². The van der Waals surface area contributed by atoms with E-state index in [0.717, 1.165) is 11.3 Å². The van der Waals surface area contributed by atoms with Crippen molar-refractivity contribution < 1.29 is 0 Å². The van der Waals surface area contributed by atoms with Gasteiger partial charge in [0.2, 0.25) is 0 Å². The molecule has 0 aliphatic carbocycles. The summed E-state index contributed by atoms with van der Waals surface area (Å²) in [6.45, 7) is 0. The number of nitrogens with one attached hydrogen (secondary N) is 1. The first-order valence-electron chi connectivity index (χ1n) is 5.83. The number of hydrogen-bond donors (Lipinski definition) is 1. The summed E-state index contributed by atoms with van der Waals surface area (Å²) in [6.07, 6.45) is 2.42. The highest BCUT2D eigenvalue weighted by Gasteiger charge is 1.98. The van der Waals surface area contributed by atoms with Gasteiger partial charge >= 0.3 is 0 Å². The normalized spacial score (nSPS) is 10.7. The molecule has 0 saturated heterocycles. The number of para-hydroxylation sites is 1. The van der Waals surface area contributed by atoms with Crippen LogP contribution in [0.2, 0.25) is 0 Å². The van der Waals surface area contributed by atoms with Gasteiger partial charge in [-0.1, -0.05) is 48.5 Å². The molecule has 0 heterocycles. The van der Waals surface area contributed by atoms with Crippen LogP contribution in [0.5, 0.6) is 0 Å². The van der Waals surface area contributed by atoms with E-state index in [0.29, 0.717) is 12.0 Å². The highest BCUT2D eigenvalue weighted by Crippen LogP contribution is 2.09. The van der Waals surface area contributed by atoms with Gasteiger partial charge in [-0.05, 0) is 17.7 Å². The molecule has 18 heavy (non-hydrogen) atoms.